The fraction of sp³-hybridized carbons (Fsp3) is 0.462. The van der Waals surface area contributed by atoms with E-state index in [1.54, 1.807) is 4.90 Å². The first-order valence-electron chi connectivity index (χ1n) is 5.61. The van der Waals surface area contributed by atoms with Gasteiger partial charge in [0, 0.05) is 18.3 Å². The molecule has 3 nitrogen and oxygen atoms in total. The Morgan fingerprint density at radius 1 is 1.38 bits per heavy atom. The van der Waals surface area contributed by atoms with E-state index in [9.17, 15) is 4.79 Å². The number of para-hydroxylation sites is 1. The molecule has 1 heterocycles. The Labute approximate surface area is 96.2 Å². The van der Waals surface area contributed by atoms with Crippen molar-refractivity contribution in [3.8, 4) is 0 Å². The monoisotopic (exact) mass is 218 g/mol. The van der Waals surface area contributed by atoms with Gasteiger partial charge in [0.05, 0.1) is 5.41 Å². The third-order valence-electron chi connectivity index (χ3n) is 3.12. The van der Waals surface area contributed by atoms with Gasteiger partial charge in [-0.1, -0.05) is 18.2 Å². The van der Waals surface area contributed by atoms with E-state index in [0.717, 1.165) is 11.3 Å². The molecular weight excluding hydrogens is 200 g/mol. The number of rotatable bonds is 2. The minimum atomic E-state index is -0.425. The van der Waals surface area contributed by atoms with Crippen LogP contribution in [0.2, 0.25) is 0 Å². The standard InChI is InChI=1S/C13H18N2O/c1-9(14)8-15-11-7-5-4-6-10(11)13(2,3)12(15)16/h4-7,9H,8,14H2,1-3H3/t9-/m0/s1. The van der Waals surface area contributed by atoms with Crippen molar-refractivity contribution in [3.05, 3.63) is 29.8 Å². The number of carbonyl (C=O) groups is 1. The highest BCUT2D eigenvalue weighted by molar-refractivity contribution is 6.07. The van der Waals surface area contributed by atoms with Gasteiger partial charge in [0.1, 0.15) is 0 Å². The van der Waals surface area contributed by atoms with Crippen molar-refractivity contribution in [1.29, 1.82) is 0 Å². The summed E-state index contributed by atoms with van der Waals surface area (Å²) in [7, 11) is 0. The SMILES string of the molecule is C[C@H](N)CN1C(=O)C(C)(C)c2ccccc21. The van der Waals surface area contributed by atoms with Gasteiger partial charge in [-0.3, -0.25) is 4.79 Å². The summed E-state index contributed by atoms with van der Waals surface area (Å²) in [4.78, 5) is 14.1. The Morgan fingerprint density at radius 2 is 2.00 bits per heavy atom. The molecule has 1 atom stereocenters. The zero-order chi connectivity index (χ0) is 11.9. The first-order chi connectivity index (χ1) is 7.44. The molecule has 0 spiro atoms. The van der Waals surface area contributed by atoms with E-state index >= 15 is 0 Å². The van der Waals surface area contributed by atoms with Crippen LogP contribution in [0, 0.1) is 0 Å². The molecule has 2 rings (SSSR count). The van der Waals surface area contributed by atoms with Gasteiger partial charge in [-0.15, -0.1) is 0 Å². The van der Waals surface area contributed by atoms with Gasteiger partial charge in [-0.05, 0) is 32.4 Å². The Kier molecular flexibility index (Phi) is 2.50. The number of benzene rings is 1. The van der Waals surface area contributed by atoms with Gasteiger partial charge < -0.3 is 10.6 Å². The van der Waals surface area contributed by atoms with Crippen molar-refractivity contribution in [2.24, 2.45) is 5.73 Å². The maximum absolute atomic E-state index is 12.3. The smallest absolute Gasteiger partial charge is 0.237 e. The Morgan fingerprint density at radius 3 is 2.62 bits per heavy atom. The summed E-state index contributed by atoms with van der Waals surface area (Å²) in [5.74, 6) is 0.144. The van der Waals surface area contributed by atoms with Crippen LogP contribution in [-0.2, 0) is 10.2 Å². The molecule has 2 N–H and O–H groups in total. The minimum absolute atomic E-state index is 0.00842. The number of fused-ring (bicyclic) bond motifs is 1. The molecule has 1 aromatic carbocycles. The Balaban J connectivity index is 2.47. The molecule has 1 aliphatic rings. The lowest BCUT2D eigenvalue weighted by Gasteiger charge is -2.22. The highest BCUT2D eigenvalue weighted by Gasteiger charge is 2.43. The van der Waals surface area contributed by atoms with Crippen molar-refractivity contribution in [2.45, 2.75) is 32.2 Å². The number of amides is 1. The first kappa shape index (κ1) is 11.1. The predicted octanol–water partition coefficient (Wildman–Crippen LogP) is 1.66. The number of anilines is 1. The van der Waals surface area contributed by atoms with Crippen molar-refractivity contribution in [1.82, 2.24) is 0 Å². The van der Waals surface area contributed by atoms with Gasteiger partial charge in [-0.2, -0.15) is 0 Å². The number of carbonyl (C=O) groups excluding carboxylic acids is 1. The highest BCUT2D eigenvalue weighted by atomic mass is 16.2. The van der Waals surface area contributed by atoms with Crippen LogP contribution >= 0.6 is 0 Å². The third-order valence-corrected chi connectivity index (χ3v) is 3.12. The van der Waals surface area contributed by atoms with E-state index in [4.69, 9.17) is 5.73 Å². The molecule has 1 aliphatic heterocycles. The summed E-state index contributed by atoms with van der Waals surface area (Å²) in [6, 6.07) is 7.94. The zero-order valence-electron chi connectivity index (χ0n) is 10.0. The summed E-state index contributed by atoms with van der Waals surface area (Å²) >= 11 is 0. The second kappa shape index (κ2) is 3.59. The van der Waals surface area contributed by atoms with E-state index in [2.05, 4.69) is 0 Å². The van der Waals surface area contributed by atoms with E-state index < -0.39 is 5.41 Å². The van der Waals surface area contributed by atoms with Gasteiger partial charge in [0.25, 0.3) is 0 Å². The maximum atomic E-state index is 12.3. The van der Waals surface area contributed by atoms with E-state index in [1.165, 1.54) is 0 Å². The number of nitrogens with two attached hydrogens (primary N) is 1. The van der Waals surface area contributed by atoms with Gasteiger partial charge in [-0.25, -0.2) is 0 Å². The van der Waals surface area contributed by atoms with Gasteiger partial charge >= 0.3 is 0 Å². The van der Waals surface area contributed by atoms with Crippen LogP contribution < -0.4 is 10.6 Å². The minimum Gasteiger partial charge on any atom is -0.326 e. The maximum Gasteiger partial charge on any atom is 0.237 e. The molecule has 0 aromatic heterocycles. The molecule has 0 unspecified atom stereocenters. The van der Waals surface area contributed by atoms with Gasteiger partial charge in [0.15, 0.2) is 0 Å². The summed E-state index contributed by atoms with van der Waals surface area (Å²) < 4.78 is 0. The van der Waals surface area contributed by atoms with E-state index in [0.29, 0.717) is 6.54 Å². The van der Waals surface area contributed by atoms with Crippen LogP contribution in [0.3, 0.4) is 0 Å². The van der Waals surface area contributed by atoms with Crippen molar-refractivity contribution in [3.63, 3.8) is 0 Å². The van der Waals surface area contributed by atoms with Crippen molar-refractivity contribution in [2.75, 3.05) is 11.4 Å². The summed E-state index contributed by atoms with van der Waals surface area (Å²) in [6.45, 7) is 6.44. The van der Waals surface area contributed by atoms with Crippen LogP contribution in [0.5, 0.6) is 0 Å². The molecule has 0 fully saturated rings. The molecule has 86 valence electrons. The fourth-order valence-electron chi connectivity index (χ4n) is 2.27. The highest BCUT2D eigenvalue weighted by Crippen LogP contribution is 2.41. The quantitative estimate of drug-likeness (QED) is 0.820. The van der Waals surface area contributed by atoms with Crippen LogP contribution in [-0.4, -0.2) is 18.5 Å². The lowest BCUT2D eigenvalue weighted by molar-refractivity contribution is -0.122. The van der Waals surface area contributed by atoms with Crippen LogP contribution in [0.4, 0.5) is 5.69 Å². The molecule has 0 aliphatic carbocycles. The largest absolute Gasteiger partial charge is 0.326 e. The molecule has 1 amide bonds. The number of hydrogen-bond acceptors (Lipinski definition) is 2. The van der Waals surface area contributed by atoms with Crippen LogP contribution in [0.1, 0.15) is 26.3 Å². The molecule has 0 saturated carbocycles. The zero-order valence-corrected chi connectivity index (χ0v) is 10.0. The van der Waals surface area contributed by atoms with Crippen LogP contribution in [0.25, 0.3) is 0 Å². The lowest BCUT2D eigenvalue weighted by atomic mass is 9.86. The Bertz CT molecular complexity index is 424. The van der Waals surface area contributed by atoms with Gasteiger partial charge in [0.2, 0.25) is 5.91 Å². The number of nitrogens with zero attached hydrogens (tertiary/aromatic N) is 1. The topological polar surface area (TPSA) is 46.3 Å². The molecular formula is C13H18N2O. The van der Waals surface area contributed by atoms with E-state index in [-0.39, 0.29) is 11.9 Å². The van der Waals surface area contributed by atoms with Crippen molar-refractivity contribution < 1.29 is 4.79 Å². The summed E-state index contributed by atoms with van der Waals surface area (Å²) in [6.07, 6.45) is 0. The van der Waals surface area contributed by atoms with E-state index in [1.807, 2.05) is 45.0 Å². The average Bonchev–Trinajstić information content (AvgIpc) is 2.41. The molecule has 0 radical (unpaired) electrons. The second-order valence-electron chi connectivity index (χ2n) is 5.04. The molecule has 1 aromatic rings. The third kappa shape index (κ3) is 1.52. The molecule has 0 bridgehead atoms. The summed E-state index contributed by atoms with van der Waals surface area (Å²) in [5.41, 5.74) is 7.47. The van der Waals surface area contributed by atoms with Crippen LogP contribution in [0.15, 0.2) is 24.3 Å². The lowest BCUT2D eigenvalue weighted by Crippen LogP contribution is -2.42. The first-order valence-corrected chi connectivity index (χ1v) is 5.61. The predicted molar refractivity (Wildman–Crippen MR) is 65.5 cm³/mol. The molecule has 3 heteroatoms. The second-order valence-corrected chi connectivity index (χ2v) is 5.04. The number of hydrogen-bond donors (Lipinski definition) is 1. The normalized spacial score (nSPS) is 19.8. The van der Waals surface area contributed by atoms with Crippen molar-refractivity contribution >= 4 is 11.6 Å². The molecule has 0 saturated heterocycles. The Hall–Kier alpha value is -1.35. The fourth-order valence-corrected chi connectivity index (χ4v) is 2.27. The summed E-state index contributed by atoms with van der Waals surface area (Å²) in [5, 5.41) is 0. The average molecular weight is 218 g/mol. The molecule has 16 heavy (non-hydrogen) atoms.